The molecule has 0 unspecified atom stereocenters. The van der Waals surface area contributed by atoms with Gasteiger partial charge in [0.1, 0.15) is 11.6 Å². The second kappa shape index (κ2) is 7.86. The molecule has 0 aliphatic rings. The molecule has 5 heteroatoms. The van der Waals surface area contributed by atoms with Crippen LogP contribution in [0.15, 0.2) is 114 Å². The molecular formula is C30H19N3OS. The fourth-order valence-corrected chi connectivity index (χ4v) is 5.20. The molecule has 3 aromatic heterocycles. The highest BCUT2D eigenvalue weighted by molar-refractivity contribution is 7.80. The van der Waals surface area contributed by atoms with E-state index in [4.69, 9.17) is 22.3 Å². The van der Waals surface area contributed by atoms with Crippen LogP contribution >= 0.6 is 12.6 Å². The van der Waals surface area contributed by atoms with Gasteiger partial charge in [-0.2, -0.15) is 0 Å². The number of rotatable bonds is 3. The fraction of sp³-hybridized carbons (Fsp3) is 0. The molecule has 0 saturated heterocycles. The summed E-state index contributed by atoms with van der Waals surface area (Å²) in [6.45, 7) is 0. The first-order valence-electron chi connectivity index (χ1n) is 11.4. The zero-order valence-electron chi connectivity index (χ0n) is 18.6. The lowest BCUT2D eigenvalue weighted by molar-refractivity contribution is 0.465. The predicted molar refractivity (Wildman–Crippen MR) is 145 cm³/mol. The van der Waals surface area contributed by atoms with Crippen molar-refractivity contribution in [3.63, 3.8) is 0 Å². The lowest BCUT2D eigenvalue weighted by Crippen LogP contribution is -1.96. The summed E-state index contributed by atoms with van der Waals surface area (Å²) in [5.74, 6) is 2.11. The first-order valence-corrected chi connectivity index (χ1v) is 11.8. The van der Waals surface area contributed by atoms with E-state index in [1.165, 1.54) is 5.39 Å². The van der Waals surface area contributed by atoms with Gasteiger partial charge in [-0.15, -0.1) is 12.6 Å². The van der Waals surface area contributed by atoms with Crippen LogP contribution in [0.3, 0.4) is 0 Å². The summed E-state index contributed by atoms with van der Waals surface area (Å²) in [6, 6.07) is 34.8. The Morgan fingerprint density at radius 3 is 2.34 bits per heavy atom. The van der Waals surface area contributed by atoms with E-state index in [2.05, 4.69) is 64.1 Å². The number of benzene rings is 4. The first kappa shape index (κ1) is 20.1. The van der Waals surface area contributed by atoms with E-state index in [-0.39, 0.29) is 0 Å². The van der Waals surface area contributed by atoms with E-state index >= 15 is 0 Å². The van der Waals surface area contributed by atoms with E-state index in [9.17, 15) is 0 Å². The molecule has 0 atom stereocenters. The van der Waals surface area contributed by atoms with Crippen molar-refractivity contribution in [2.75, 3.05) is 0 Å². The summed E-state index contributed by atoms with van der Waals surface area (Å²) in [5.41, 5.74) is 2.96. The quantitative estimate of drug-likeness (QED) is 0.211. The molecule has 7 rings (SSSR count). The van der Waals surface area contributed by atoms with Gasteiger partial charge in [-0.1, -0.05) is 48.5 Å². The summed E-state index contributed by atoms with van der Waals surface area (Å²) in [7, 11) is 0. The molecule has 0 bridgehead atoms. The van der Waals surface area contributed by atoms with Crippen LogP contribution < -0.4 is 4.74 Å². The molecule has 0 radical (unpaired) electrons. The number of nitrogens with zero attached hydrogens (tertiary/aromatic N) is 3. The third kappa shape index (κ3) is 3.24. The number of ether oxygens (including phenoxy) is 1. The molecule has 0 amide bonds. The molecule has 0 saturated carbocycles. The molecule has 166 valence electrons. The molecule has 7 aromatic rings. The molecule has 0 fully saturated rings. The Morgan fingerprint density at radius 2 is 1.46 bits per heavy atom. The minimum atomic E-state index is 0.530. The van der Waals surface area contributed by atoms with Crippen molar-refractivity contribution in [1.82, 2.24) is 14.5 Å². The minimum absolute atomic E-state index is 0.530. The van der Waals surface area contributed by atoms with Crippen LogP contribution in [0.1, 0.15) is 0 Å². The number of pyridine rings is 2. The summed E-state index contributed by atoms with van der Waals surface area (Å²) < 4.78 is 8.44. The van der Waals surface area contributed by atoms with E-state index in [0.717, 1.165) is 48.8 Å². The number of para-hydroxylation sites is 1. The van der Waals surface area contributed by atoms with Crippen molar-refractivity contribution in [3.8, 4) is 17.4 Å². The monoisotopic (exact) mass is 469 g/mol. The van der Waals surface area contributed by atoms with Gasteiger partial charge in [0.25, 0.3) is 0 Å². The Kier molecular flexibility index (Phi) is 4.50. The average Bonchev–Trinajstić information content (AvgIpc) is 3.23. The van der Waals surface area contributed by atoms with E-state index in [1.54, 1.807) is 0 Å². The molecular weight excluding hydrogens is 450 g/mol. The van der Waals surface area contributed by atoms with Gasteiger partial charge in [0, 0.05) is 39.4 Å². The fourth-order valence-electron chi connectivity index (χ4n) is 4.82. The van der Waals surface area contributed by atoms with Gasteiger partial charge in [0.15, 0.2) is 0 Å². The maximum atomic E-state index is 6.27. The molecule has 0 spiro atoms. The van der Waals surface area contributed by atoms with E-state index in [1.807, 2.05) is 54.7 Å². The number of fused-ring (bicyclic) bond motifs is 5. The smallest absolute Gasteiger partial charge is 0.219 e. The van der Waals surface area contributed by atoms with Gasteiger partial charge in [-0.05, 0) is 53.2 Å². The van der Waals surface area contributed by atoms with Crippen LogP contribution in [0.2, 0.25) is 0 Å². The van der Waals surface area contributed by atoms with Crippen molar-refractivity contribution in [2.45, 2.75) is 4.90 Å². The van der Waals surface area contributed by atoms with Crippen molar-refractivity contribution in [3.05, 3.63) is 109 Å². The van der Waals surface area contributed by atoms with Crippen LogP contribution in [0.5, 0.6) is 11.6 Å². The van der Waals surface area contributed by atoms with Crippen LogP contribution in [0, 0.1) is 0 Å². The summed E-state index contributed by atoms with van der Waals surface area (Å²) in [4.78, 5) is 10.3. The maximum Gasteiger partial charge on any atom is 0.219 e. The molecule has 4 nitrogen and oxygen atoms in total. The van der Waals surface area contributed by atoms with Crippen molar-refractivity contribution in [2.24, 2.45) is 0 Å². The molecule has 0 aliphatic carbocycles. The van der Waals surface area contributed by atoms with Crippen molar-refractivity contribution < 1.29 is 4.74 Å². The Balaban J connectivity index is 1.37. The molecule has 4 aromatic carbocycles. The normalized spacial score (nSPS) is 11.6. The highest BCUT2D eigenvalue weighted by Crippen LogP contribution is 2.36. The number of hydrogen-bond acceptors (Lipinski definition) is 4. The van der Waals surface area contributed by atoms with E-state index < -0.39 is 0 Å². The zero-order valence-corrected chi connectivity index (χ0v) is 19.5. The van der Waals surface area contributed by atoms with Crippen LogP contribution in [0.25, 0.3) is 49.3 Å². The highest BCUT2D eigenvalue weighted by atomic mass is 32.1. The van der Waals surface area contributed by atoms with Gasteiger partial charge in [0.2, 0.25) is 5.88 Å². The minimum Gasteiger partial charge on any atom is -0.439 e. The maximum absolute atomic E-state index is 6.27. The lowest BCUT2D eigenvalue weighted by atomic mass is 10.1. The Hall–Kier alpha value is -4.35. The first-order chi connectivity index (χ1) is 17.3. The van der Waals surface area contributed by atoms with Gasteiger partial charge >= 0.3 is 0 Å². The van der Waals surface area contributed by atoms with Crippen molar-refractivity contribution >= 4 is 56.1 Å². The summed E-state index contributed by atoms with van der Waals surface area (Å²) in [6.07, 6.45) is 1.81. The van der Waals surface area contributed by atoms with E-state index in [0.29, 0.717) is 11.6 Å². The Labute approximate surface area is 206 Å². The standard InChI is InChI=1S/C30H19N3OS/c35-30-22-8-2-1-7-19(22)17-20-12-15-28(32-29(20)30)34-21-13-14-24-23-9-3-4-10-25(23)33(26(24)18-21)27-11-5-6-16-31-27/h1-18,35H. The third-order valence-corrected chi connectivity index (χ3v) is 6.85. The molecule has 0 N–H and O–H groups in total. The topological polar surface area (TPSA) is 39.9 Å². The van der Waals surface area contributed by atoms with Gasteiger partial charge in [-0.3, -0.25) is 4.57 Å². The SMILES string of the molecule is Sc1c2ccccc2cc2ccc(Oc3ccc4c5ccccc5n(-c5ccccn5)c4c3)nc12. The van der Waals surface area contributed by atoms with Gasteiger partial charge in [0.05, 0.1) is 16.6 Å². The van der Waals surface area contributed by atoms with Crippen LogP contribution in [0.4, 0.5) is 0 Å². The Bertz CT molecular complexity index is 1890. The second-order valence-corrected chi connectivity index (χ2v) is 8.94. The molecule has 0 aliphatic heterocycles. The molecule has 35 heavy (non-hydrogen) atoms. The largest absolute Gasteiger partial charge is 0.439 e. The summed E-state index contributed by atoms with van der Waals surface area (Å²) in [5, 5.41) is 5.58. The zero-order chi connectivity index (χ0) is 23.4. The Morgan fingerprint density at radius 1 is 0.657 bits per heavy atom. The van der Waals surface area contributed by atoms with Crippen LogP contribution in [-0.4, -0.2) is 14.5 Å². The second-order valence-electron chi connectivity index (χ2n) is 8.49. The predicted octanol–water partition coefficient (Wildman–Crippen LogP) is 7.96. The van der Waals surface area contributed by atoms with Gasteiger partial charge < -0.3 is 4.74 Å². The number of hydrogen-bond donors (Lipinski definition) is 1. The van der Waals surface area contributed by atoms with Gasteiger partial charge in [-0.25, -0.2) is 9.97 Å². The van der Waals surface area contributed by atoms with Crippen molar-refractivity contribution in [1.29, 1.82) is 0 Å². The average molecular weight is 470 g/mol. The number of aromatic nitrogens is 3. The highest BCUT2D eigenvalue weighted by Gasteiger charge is 2.14. The lowest BCUT2D eigenvalue weighted by Gasteiger charge is -2.10. The molecule has 3 heterocycles. The summed E-state index contributed by atoms with van der Waals surface area (Å²) >= 11 is 4.79. The third-order valence-electron chi connectivity index (χ3n) is 6.40. The van der Waals surface area contributed by atoms with Crippen LogP contribution in [-0.2, 0) is 0 Å². The number of thiol groups is 1.